The minimum atomic E-state index is -4.53. The van der Waals surface area contributed by atoms with E-state index < -0.39 is 11.7 Å². The average molecular weight is 603 g/mol. The first-order chi connectivity index (χ1) is 20.1. The van der Waals surface area contributed by atoms with E-state index in [0.717, 1.165) is 50.4 Å². The number of halogens is 4. The van der Waals surface area contributed by atoms with E-state index in [9.17, 15) is 13.2 Å². The summed E-state index contributed by atoms with van der Waals surface area (Å²) in [5.41, 5.74) is 11.6. The van der Waals surface area contributed by atoms with Gasteiger partial charge in [-0.2, -0.15) is 18.7 Å². The summed E-state index contributed by atoms with van der Waals surface area (Å²) in [5.74, 6) is 1.74. The van der Waals surface area contributed by atoms with Crippen LogP contribution in [0.4, 0.5) is 18.9 Å². The van der Waals surface area contributed by atoms with Gasteiger partial charge in [-0.15, -0.1) is 0 Å². The van der Waals surface area contributed by atoms with Gasteiger partial charge in [-0.1, -0.05) is 17.7 Å². The Balaban J connectivity index is 1.14. The van der Waals surface area contributed by atoms with Crippen molar-refractivity contribution in [3.8, 4) is 11.5 Å². The average Bonchev–Trinajstić information content (AvgIpc) is 2.96. The maximum atomic E-state index is 13.1. The molecule has 2 aliphatic rings. The molecule has 224 valence electrons. The van der Waals surface area contributed by atoms with Gasteiger partial charge in [-0.25, -0.2) is 0 Å². The maximum Gasteiger partial charge on any atom is 0.417 e. The highest BCUT2D eigenvalue weighted by molar-refractivity contribution is 6.31. The number of aryl methyl sites for hydroxylation is 1. The maximum absolute atomic E-state index is 13.1. The van der Waals surface area contributed by atoms with E-state index in [1.807, 2.05) is 12.1 Å². The molecule has 1 aliphatic heterocycles. The number of alkyl halides is 3. The Morgan fingerprint density at radius 2 is 1.86 bits per heavy atom. The molecule has 1 atom stereocenters. The number of hydrogen-bond acceptors (Lipinski definition) is 7. The number of amidine groups is 1. The van der Waals surface area contributed by atoms with Crippen LogP contribution >= 0.6 is 11.6 Å². The number of aromatic nitrogens is 1. The fourth-order valence-electron chi connectivity index (χ4n) is 5.17. The third-order valence-corrected chi connectivity index (χ3v) is 7.85. The number of hydroxylamine groups is 1. The number of ether oxygens (including phenoxy) is 1. The van der Waals surface area contributed by atoms with Gasteiger partial charge < -0.3 is 20.7 Å². The fraction of sp³-hybridized carbons (Fsp3) is 0.400. The Morgan fingerprint density at radius 3 is 2.64 bits per heavy atom. The van der Waals surface area contributed by atoms with Crippen LogP contribution in [0.3, 0.4) is 0 Å². The van der Waals surface area contributed by atoms with Gasteiger partial charge in [0.1, 0.15) is 29.8 Å². The third-order valence-electron chi connectivity index (χ3n) is 7.52. The van der Waals surface area contributed by atoms with Crippen molar-refractivity contribution in [3.05, 3.63) is 82.1 Å². The minimum Gasteiger partial charge on any atom is -0.457 e. The number of fused-ring (bicyclic) bond motifs is 1. The second-order valence-corrected chi connectivity index (χ2v) is 11.1. The number of aliphatic imine (C=N–C) groups is 1. The number of likely N-dealkylation sites (tertiary alicyclic amines) is 1. The van der Waals surface area contributed by atoms with Crippen LogP contribution in [0.15, 0.2) is 59.7 Å². The van der Waals surface area contributed by atoms with E-state index in [1.54, 1.807) is 18.3 Å². The Hall–Kier alpha value is -3.38. The summed E-state index contributed by atoms with van der Waals surface area (Å²) in [5, 5.41) is 2.48. The molecule has 42 heavy (non-hydrogen) atoms. The summed E-state index contributed by atoms with van der Waals surface area (Å²) in [4.78, 5) is 16.9. The van der Waals surface area contributed by atoms with Gasteiger partial charge in [-0.3, -0.25) is 14.8 Å². The Labute approximate surface area is 248 Å². The van der Waals surface area contributed by atoms with Gasteiger partial charge in [0.2, 0.25) is 0 Å². The van der Waals surface area contributed by atoms with Crippen molar-refractivity contribution in [1.82, 2.24) is 15.4 Å². The summed E-state index contributed by atoms with van der Waals surface area (Å²) < 4.78 is 45.4. The molecule has 0 bridgehead atoms. The van der Waals surface area contributed by atoms with Crippen molar-refractivity contribution in [3.63, 3.8) is 0 Å². The Bertz CT molecular complexity index is 1410. The number of hydrogen-bond donors (Lipinski definition) is 3. The van der Waals surface area contributed by atoms with Gasteiger partial charge in [0, 0.05) is 24.0 Å². The van der Waals surface area contributed by atoms with Crippen molar-refractivity contribution in [2.75, 3.05) is 32.2 Å². The second kappa shape index (κ2) is 13.3. The molecule has 3 aromatic rings. The molecule has 1 saturated heterocycles. The zero-order valence-electron chi connectivity index (χ0n) is 23.3. The molecule has 1 unspecified atom stereocenters. The van der Waals surface area contributed by atoms with Crippen molar-refractivity contribution >= 4 is 23.1 Å². The monoisotopic (exact) mass is 602 g/mol. The normalized spacial score (nSPS) is 18.5. The zero-order valence-corrected chi connectivity index (χ0v) is 24.0. The molecule has 0 radical (unpaired) electrons. The molecular formula is C30H34ClF3N6O2. The van der Waals surface area contributed by atoms with Crippen LogP contribution in [0.25, 0.3) is 0 Å². The SMILES string of the molecule is CN1CCC(N=C(N)c2cc(Oc3ccc4c(c3)CC(NOCNc3ccc(Cl)c(C(F)(F)F)c3)CC4)ccn2)CC1. The lowest BCUT2D eigenvalue weighted by Gasteiger charge is -2.26. The number of piperidine rings is 1. The van der Waals surface area contributed by atoms with Crippen LogP contribution in [0.2, 0.25) is 5.02 Å². The van der Waals surface area contributed by atoms with Crippen molar-refractivity contribution in [2.45, 2.75) is 50.4 Å². The fourth-order valence-corrected chi connectivity index (χ4v) is 5.39. The van der Waals surface area contributed by atoms with Crippen LogP contribution in [0.1, 0.15) is 41.6 Å². The number of pyridine rings is 1. The molecule has 0 spiro atoms. The molecule has 5 rings (SSSR count). The van der Waals surface area contributed by atoms with Crippen molar-refractivity contribution in [1.29, 1.82) is 0 Å². The lowest BCUT2D eigenvalue weighted by molar-refractivity contribution is -0.137. The van der Waals surface area contributed by atoms with E-state index in [-0.39, 0.29) is 29.5 Å². The van der Waals surface area contributed by atoms with Gasteiger partial charge in [0.25, 0.3) is 0 Å². The molecule has 1 aromatic heterocycles. The molecule has 8 nitrogen and oxygen atoms in total. The summed E-state index contributed by atoms with van der Waals surface area (Å²) in [6.45, 7) is 2.00. The molecule has 2 heterocycles. The summed E-state index contributed by atoms with van der Waals surface area (Å²) in [6.07, 6.45) is 1.52. The summed E-state index contributed by atoms with van der Waals surface area (Å²) in [6, 6.07) is 13.5. The molecule has 12 heteroatoms. The van der Waals surface area contributed by atoms with Gasteiger partial charge >= 0.3 is 6.18 Å². The van der Waals surface area contributed by atoms with Crippen molar-refractivity contribution in [2.24, 2.45) is 10.7 Å². The third kappa shape index (κ3) is 7.91. The number of nitrogens with zero attached hydrogens (tertiary/aromatic N) is 3. The molecule has 4 N–H and O–H groups in total. The predicted octanol–water partition coefficient (Wildman–Crippen LogP) is 5.79. The number of anilines is 1. The molecular weight excluding hydrogens is 569 g/mol. The number of rotatable bonds is 9. The standard InChI is InChI=1S/C30H34ClF3N6O2/c1-40-12-9-21(10-13-40)38-29(35)28-17-25(8-11-36-28)42-24-6-3-19-2-4-23(14-20(19)15-24)39-41-18-37-22-5-7-27(31)26(16-22)30(32,33)34/h3,5-8,11,15-17,21,23,37,39H,2,4,9-10,12-14,18H2,1H3,(H2,35,38). The van der Waals surface area contributed by atoms with Crippen LogP contribution in [-0.2, 0) is 23.9 Å². The summed E-state index contributed by atoms with van der Waals surface area (Å²) in [7, 11) is 2.11. The Morgan fingerprint density at radius 1 is 1.07 bits per heavy atom. The van der Waals surface area contributed by atoms with Gasteiger partial charge in [0.15, 0.2) is 0 Å². The topological polar surface area (TPSA) is 97.0 Å². The van der Waals surface area contributed by atoms with Crippen LogP contribution < -0.4 is 21.3 Å². The smallest absolute Gasteiger partial charge is 0.417 e. The predicted molar refractivity (Wildman–Crippen MR) is 157 cm³/mol. The first-order valence-corrected chi connectivity index (χ1v) is 14.3. The quantitative estimate of drug-likeness (QED) is 0.0937. The van der Waals surface area contributed by atoms with E-state index in [4.69, 9.17) is 31.9 Å². The van der Waals surface area contributed by atoms with E-state index >= 15 is 0 Å². The summed E-state index contributed by atoms with van der Waals surface area (Å²) >= 11 is 5.68. The first kappa shape index (κ1) is 30.1. The van der Waals surface area contributed by atoms with E-state index in [1.165, 1.54) is 17.7 Å². The van der Waals surface area contributed by atoms with Gasteiger partial charge in [-0.05, 0) is 99.8 Å². The number of benzene rings is 2. The largest absolute Gasteiger partial charge is 0.457 e. The first-order valence-electron chi connectivity index (χ1n) is 13.9. The van der Waals surface area contributed by atoms with Crippen LogP contribution in [0.5, 0.6) is 11.5 Å². The van der Waals surface area contributed by atoms with E-state index in [0.29, 0.717) is 29.4 Å². The van der Waals surface area contributed by atoms with Crippen molar-refractivity contribution < 1.29 is 22.7 Å². The molecule has 2 aromatic carbocycles. The van der Waals surface area contributed by atoms with Crippen LogP contribution in [-0.4, -0.2) is 54.7 Å². The lowest BCUT2D eigenvalue weighted by Crippen LogP contribution is -2.35. The lowest BCUT2D eigenvalue weighted by atomic mass is 9.88. The minimum absolute atomic E-state index is 0.0138. The highest BCUT2D eigenvalue weighted by Gasteiger charge is 2.33. The Kier molecular flexibility index (Phi) is 9.52. The highest BCUT2D eigenvalue weighted by atomic mass is 35.5. The number of nitrogens with two attached hydrogens (primary N) is 1. The molecule has 1 aliphatic carbocycles. The zero-order chi connectivity index (χ0) is 29.7. The van der Waals surface area contributed by atoms with Crippen LogP contribution in [0, 0.1) is 0 Å². The van der Waals surface area contributed by atoms with E-state index in [2.05, 4.69) is 33.8 Å². The highest BCUT2D eigenvalue weighted by Crippen LogP contribution is 2.36. The molecule has 1 fully saturated rings. The number of nitrogens with one attached hydrogen (secondary N) is 2. The van der Waals surface area contributed by atoms with Gasteiger partial charge in [0.05, 0.1) is 16.6 Å². The molecule has 0 amide bonds. The molecule has 0 saturated carbocycles. The second-order valence-electron chi connectivity index (χ2n) is 10.7.